The van der Waals surface area contributed by atoms with Gasteiger partial charge in [-0.05, 0) is 38.3 Å². The van der Waals surface area contributed by atoms with Crippen LogP contribution in [0.15, 0.2) is 24.3 Å². The smallest absolute Gasteiger partial charge is 0.0662 e. The van der Waals surface area contributed by atoms with E-state index in [1.165, 1.54) is 5.56 Å². The summed E-state index contributed by atoms with van der Waals surface area (Å²) in [6, 6.07) is 8.30. The Hall–Kier alpha value is -1.06. The number of aliphatic hydroxyl groups excluding tert-OH is 1. The van der Waals surface area contributed by atoms with E-state index >= 15 is 0 Å². The number of anilines is 1. The monoisotopic (exact) mass is 235 g/mol. The molecule has 1 aliphatic rings. The lowest BCUT2D eigenvalue weighted by molar-refractivity contribution is 0.132. The molecular formula is C14H21NO2. The highest BCUT2D eigenvalue weighted by Crippen LogP contribution is 2.26. The van der Waals surface area contributed by atoms with Gasteiger partial charge in [-0.3, -0.25) is 0 Å². The van der Waals surface area contributed by atoms with Crippen molar-refractivity contribution >= 4 is 5.69 Å². The molecule has 1 saturated heterocycles. The Morgan fingerprint density at radius 2 is 2.00 bits per heavy atom. The first-order valence-corrected chi connectivity index (χ1v) is 6.28. The van der Waals surface area contributed by atoms with Gasteiger partial charge >= 0.3 is 0 Å². The van der Waals surface area contributed by atoms with Gasteiger partial charge in [-0.2, -0.15) is 0 Å². The Balaban J connectivity index is 2.09. The van der Waals surface area contributed by atoms with Crippen LogP contribution >= 0.6 is 0 Å². The predicted octanol–water partition coefficient (Wildman–Crippen LogP) is 2.34. The molecule has 3 heteroatoms. The molecule has 0 amide bonds. The lowest BCUT2D eigenvalue weighted by Gasteiger charge is -2.32. The van der Waals surface area contributed by atoms with E-state index in [9.17, 15) is 5.11 Å². The number of aliphatic hydroxyl groups is 1. The second kappa shape index (κ2) is 5.52. The summed E-state index contributed by atoms with van der Waals surface area (Å²) in [5.74, 6) is 0. The standard InChI is InChI=1S/C14H21NO2/c1-12-3-5-13(6-4-12)15-14(11-16)7-2-9-17-10-8-14/h3-6,15-16H,2,7-11H2,1H3. The van der Waals surface area contributed by atoms with Crippen LogP contribution in [0.5, 0.6) is 0 Å². The maximum absolute atomic E-state index is 9.66. The molecule has 1 aromatic carbocycles. The van der Waals surface area contributed by atoms with Crippen molar-refractivity contribution in [2.24, 2.45) is 0 Å². The van der Waals surface area contributed by atoms with Crippen LogP contribution in [0.25, 0.3) is 0 Å². The Labute approximate surface area is 103 Å². The van der Waals surface area contributed by atoms with Crippen LogP contribution in [0, 0.1) is 6.92 Å². The largest absolute Gasteiger partial charge is 0.394 e. The predicted molar refractivity (Wildman–Crippen MR) is 69.3 cm³/mol. The summed E-state index contributed by atoms with van der Waals surface area (Å²) in [7, 11) is 0. The number of hydrogen-bond donors (Lipinski definition) is 2. The van der Waals surface area contributed by atoms with Crippen LogP contribution in [0.3, 0.4) is 0 Å². The Morgan fingerprint density at radius 3 is 2.71 bits per heavy atom. The van der Waals surface area contributed by atoms with Crippen molar-refractivity contribution in [2.45, 2.75) is 31.7 Å². The molecule has 3 nitrogen and oxygen atoms in total. The van der Waals surface area contributed by atoms with E-state index in [1.807, 2.05) is 0 Å². The van der Waals surface area contributed by atoms with Gasteiger partial charge in [0.1, 0.15) is 0 Å². The molecule has 1 aromatic rings. The van der Waals surface area contributed by atoms with Gasteiger partial charge in [0, 0.05) is 18.9 Å². The second-order valence-electron chi connectivity index (χ2n) is 4.90. The zero-order valence-electron chi connectivity index (χ0n) is 10.4. The molecule has 1 heterocycles. The summed E-state index contributed by atoms with van der Waals surface area (Å²) in [5.41, 5.74) is 2.11. The first kappa shape index (κ1) is 12.4. The first-order chi connectivity index (χ1) is 8.24. The zero-order chi connectivity index (χ0) is 12.1. The third-order valence-corrected chi connectivity index (χ3v) is 3.43. The fraction of sp³-hybridized carbons (Fsp3) is 0.571. The molecular weight excluding hydrogens is 214 g/mol. The summed E-state index contributed by atoms with van der Waals surface area (Å²) in [6.07, 6.45) is 2.81. The minimum absolute atomic E-state index is 0.157. The summed E-state index contributed by atoms with van der Waals surface area (Å²) < 4.78 is 5.46. The Morgan fingerprint density at radius 1 is 1.24 bits per heavy atom. The molecule has 0 aromatic heterocycles. The van der Waals surface area contributed by atoms with E-state index in [0.717, 1.165) is 38.2 Å². The molecule has 17 heavy (non-hydrogen) atoms. The van der Waals surface area contributed by atoms with Crippen molar-refractivity contribution in [3.63, 3.8) is 0 Å². The molecule has 1 atom stereocenters. The van der Waals surface area contributed by atoms with Gasteiger partial charge in [-0.15, -0.1) is 0 Å². The maximum atomic E-state index is 9.66. The third-order valence-electron chi connectivity index (χ3n) is 3.43. The van der Waals surface area contributed by atoms with Crippen LogP contribution in [0.2, 0.25) is 0 Å². The van der Waals surface area contributed by atoms with E-state index in [2.05, 4.69) is 36.5 Å². The summed E-state index contributed by atoms with van der Waals surface area (Å²) in [4.78, 5) is 0. The zero-order valence-corrected chi connectivity index (χ0v) is 10.4. The molecule has 0 saturated carbocycles. The van der Waals surface area contributed by atoms with Gasteiger partial charge in [0.05, 0.1) is 12.1 Å². The average Bonchev–Trinajstić information content (AvgIpc) is 2.58. The molecule has 0 spiro atoms. The van der Waals surface area contributed by atoms with Crippen LogP contribution in [-0.4, -0.2) is 30.5 Å². The Kier molecular flexibility index (Phi) is 4.02. The highest BCUT2D eigenvalue weighted by Gasteiger charge is 2.30. The Bertz CT molecular complexity index is 340. The average molecular weight is 235 g/mol. The third kappa shape index (κ3) is 3.20. The highest BCUT2D eigenvalue weighted by molar-refractivity contribution is 5.46. The number of rotatable bonds is 3. The van der Waals surface area contributed by atoms with Crippen molar-refractivity contribution < 1.29 is 9.84 Å². The number of aryl methyl sites for hydroxylation is 1. The van der Waals surface area contributed by atoms with Crippen molar-refractivity contribution in [2.75, 3.05) is 25.1 Å². The highest BCUT2D eigenvalue weighted by atomic mass is 16.5. The molecule has 94 valence electrons. The first-order valence-electron chi connectivity index (χ1n) is 6.28. The van der Waals surface area contributed by atoms with Crippen LogP contribution < -0.4 is 5.32 Å². The summed E-state index contributed by atoms with van der Waals surface area (Å²) in [5, 5.41) is 13.1. The van der Waals surface area contributed by atoms with Crippen LogP contribution in [-0.2, 0) is 4.74 Å². The van der Waals surface area contributed by atoms with Gasteiger partial charge in [-0.25, -0.2) is 0 Å². The van der Waals surface area contributed by atoms with Gasteiger partial charge in [-0.1, -0.05) is 17.7 Å². The molecule has 1 aliphatic heterocycles. The number of benzene rings is 1. The van der Waals surface area contributed by atoms with Gasteiger partial charge < -0.3 is 15.2 Å². The quantitative estimate of drug-likeness (QED) is 0.845. The molecule has 1 fully saturated rings. The van der Waals surface area contributed by atoms with Gasteiger partial charge in [0.25, 0.3) is 0 Å². The SMILES string of the molecule is Cc1ccc(NC2(CO)CCCOCC2)cc1. The van der Waals surface area contributed by atoms with Crippen molar-refractivity contribution in [1.29, 1.82) is 0 Å². The van der Waals surface area contributed by atoms with Crippen molar-refractivity contribution in [3.05, 3.63) is 29.8 Å². The van der Waals surface area contributed by atoms with Crippen LogP contribution in [0.4, 0.5) is 5.69 Å². The lowest BCUT2D eigenvalue weighted by Crippen LogP contribution is -2.42. The van der Waals surface area contributed by atoms with Crippen molar-refractivity contribution in [3.8, 4) is 0 Å². The number of hydrogen-bond acceptors (Lipinski definition) is 3. The summed E-state index contributed by atoms with van der Waals surface area (Å²) >= 11 is 0. The lowest BCUT2D eigenvalue weighted by atomic mass is 9.91. The fourth-order valence-corrected chi connectivity index (χ4v) is 2.27. The molecule has 1 unspecified atom stereocenters. The number of nitrogens with one attached hydrogen (secondary N) is 1. The minimum Gasteiger partial charge on any atom is -0.394 e. The molecule has 2 rings (SSSR count). The van der Waals surface area contributed by atoms with E-state index in [1.54, 1.807) is 0 Å². The minimum atomic E-state index is -0.217. The van der Waals surface area contributed by atoms with Gasteiger partial charge in [0.2, 0.25) is 0 Å². The topological polar surface area (TPSA) is 41.5 Å². The fourth-order valence-electron chi connectivity index (χ4n) is 2.27. The van der Waals surface area contributed by atoms with E-state index in [4.69, 9.17) is 4.74 Å². The van der Waals surface area contributed by atoms with Gasteiger partial charge in [0.15, 0.2) is 0 Å². The van der Waals surface area contributed by atoms with Crippen molar-refractivity contribution in [1.82, 2.24) is 0 Å². The number of ether oxygens (including phenoxy) is 1. The van der Waals surface area contributed by atoms with Crippen LogP contribution in [0.1, 0.15) is 24.8 Å². The molecule has 0 aliphatic carbocycles. The molecule has 2 N–H and O–H groups in total. The molecule has 0 bridgehead atoms. The summed E-state index contributed by atoms with van der Waals surface area (Å²) in [6.45, 7) is 3.76. The molecule has 0 radical (unpaired) electrons. The van der Waals surface area contributed by atoms with E-state index in [0.29, 0.717) is 0 Å². The van der Waals surface area contributed by atoms with E-state index < -0.39 is 0 Å². The second-order valence-corrected chi connectivity index (χ2v) is 4.90. The van der Waals surface area contributed by atoms with E-state index in [-0.39, 0.29) is 12.1 Å². The normalized spacial score (nSPS) is 25.3. The maximum Gasteiger partial charge on any atom is 0.0662 e.